The van der Waals surface area contributed by atoms with Gasteiger partial charge in [-0.05, 0) is 54.7 Å². The Morgan fingerprint density at radius 1 is 0.818 bits per heavy atom. The van der Waals surface area contributed by atoms with Crippen molar-refractivity contribution in [2.75, 3.05) is 26.4 Å². The van der Waals surface area contributed by atoms with E-state index < -0.39 is 12.2 Å². The van der Waals surface area contributed by atoms with Gasteiger partial charge < -0.3 is 24.4 Å². The highest BCUT2D eigenvalue weighted by atomic mass is 16.5. The molecule has 0 aliphatic heterocycles. The third kappa shape index (κ3) is 6.98. The number of hydrogen-bond acceptors (Lipinski definition) is 5. The Morgan fingerprint density at radius 2 is 1.33 bits per heavy atom. The monoisotopic (exact) mass is 452 g/mol. The van der Waals surface area contributed by atoms with Gasteiger partial charge in [-0.1, -0.05) is 56.4 Å². The number of aliphatic hydroxyl groups is 2. The maximum atomic E-state index is 9.95. The van der Waals surface area contributed by atoms with E-state index in [1.165, 1.54) is 30.4 Å². The summed E-state index contributed by atoms with van der Waals surface area (Å²) in [4.78, 5) is 0. The number of hydrogen-bond donors (Lipinski definition) is 2. The molecule has 0 heterocycles. The Kier molecular flexibility index (Phi) is 9.62. The standard InChI is InChI=1S/C28H36O5/c1-3-18-31-19-25(30)21-33-27-14-10-23(11-15-27)28(16-6-5-7-17-28)22-8-12-26(13-9-22)32-20-24(29)4-2/h1,8-15,24-25,29-30H,4-7,16-21H2,2H3. The first-order valence-electron chi connectivity index (χ1n) is 11.9. The van der Waals surface area contributed by atoms with Gasteiger partial charge in [0.15, 0.2) is 0 Å². The zero-order valence-electron chi connectivity index (χ0n) is 19.5. The van der Waals surface area contributed by atoms with Crippen LogP contribution in [0.15, 0.2) is 48.5 Å². The number of aliphatic hydroxyl groups excluding tert-OH is 2. The summed E-state index contributed by atoms with van der Waals surface area (Å²) in [6, 6.07) is 16.6. The van der Waals surface area contributed by atoms with Crippen LogP contribution in [0.25, 0.3) is 0 Å². The predicted octanol–water partition coefficient (Wildman–Crippen LogP) is 4.48. The van der Waals surface area contributed by atoms with Crippen LogP contribution in [-0.2, 0) is 10.2 Å². The molecule has 1 aliphatic carbocycles. The van der Waals surface area contributed by atoms with Gasteiger partial charge >= 0.3 is 0 Å². The maximum Gasteiger partial charge on any atom is 0.119 e. The van der Waals surface area contributed by atoms with Crippen molar-refractivity contribution in [2.24, 2.45) is 0 Å². The number of terminal acetylenes is 1. The zero-order valence-corrected chi connectivity index (χ0v) is 19.5. The predicted molar refractivity (Wildman–Crippen MR) is 130 cm³/mol. The Morgan fingerprint density at radius 3 is 1.82 bits per heavy atom. The smallest absolute Gasteiger partial charge is 0.119 e. The van der Waals surface area contributed by atoms with E-state index in [1.54, 1.807) is 0 Å². The molecule has 2 N–H and O–H groups in total. The molecule has 1 fully saturated rings. The topological polar surface area (TPSA) is 68.2 Å². The second-order valence-electron chi connectivity index (χ2n) is 8.75. The molecule has 178 valence electrons. The SMILES string of the molecule is C#CCOCC(O)COc1ccc(C2(c3ccc(OCC(O)CC)cc3)CCCCC2)cc1. The van der Waals surface area contributed by atoms with E-state index in [2.05, 4.69) is 30.2 Å². The molecule has 0 radical (unpaired) electrons. The molecule has 2 aromatic rings. The van der Waals surface area contributed by atoms with E-state index in [0.29, 0.717) is 13.0 Å². The second-order valence-corrected chi connectivity index (χ2v) is 8.75. The minimum atomic E-state index is -0.720. The normalized spacial score (nSPS) is 17.0. The van der Waals surface area contributed by atoms with Crippen molar-refractivity contribution >= 4 is 0 Å². The molecule has 0 saturated heterocycles. The molecule has 0 bridgehead atoms. The number of ether oxygens (including phenoxy) is 3. The molecule has 5 heteroatoms. The van der Waals surface area contributed by atoms with Crippen LogP contribution in [0, 0.1) is 12.3 Å². The fourth-order valence-corrected chi connectivity index (χ4v) is 4.44. The van der Waals surface area contributed by atoms with Crippen LogP contribution < -0.4 is 9.47 Å². The summed E-state index contributed by atoms with van der Waals surface area (Å²) in [5.74, 6) is 3.88. The van der Waals surface area contributed by atoms with E-state index in [9.17, 15) is 10.2 Å². The van der Waals surface area contributed by atoms with Gasteiger partial charge in [-0.3, -0.25) is 0 Å². The van der Waals surface area contributed by atoms with Crippen LogP contribution in [0.5, 0.6) is 11.5 Å². The third-order valence-corrected chi connectivity index (χ3v) is 6.37. The van der Waals surface area contributed by atoms with Crippen molar-refractivity contribution in [1.29, 1.82) is 0 Å². The fraction of sp³-hybridized carbons (Fsp3) is 0.500. The molecular formula is C28H36O5. The van der Waals surface area contributed by atoms with Crippen LogP contribution in [0.3, 0.4) is 0 Å². The second kappa shape index (κ2) is 12.6. The molecule has 2 unspecified atom stereocenters. The van der Waals surface area contributed by atoms with Crippen molar-refractivity contribution in [1.82, 2.24) is 0 Å². The fourth-order valence-electron chi connectivity index (χ4n) is 4.44. The zero-order chi connectivity index (χ0) is 23.5. The quantitative estimate of drug-likeness (QED) is 0.367. The number of benzene rings is 2. The van der Waals surface area contributed by atoms with Gasteiger partial charge in [-0.15, -0.1) is 6.42 Å². The van der Waals surface area contributed by atoms with Gasteiger partial charge in [0.1, 0.15) is 37.4 Å². The highest BCUT2D eigenvalue weighted by Crippen LogP contribution is 2.45. The summed E-state index contributed by atoms with van der Waals surface area (Å²) >= 11 is 0. The van der Waals surface area contributed by atoms with Crippen molar-refractivity contribution in [2.45, 2.75) is 63.1 Å². The summed E-state index contributed by atoms with van der Waals surface area (Å²) in [5, 5.41) is 19.7. The minimum Gasteiger partial charge on any atom is -0.491 e. The van der Waals surface area contributed by atoms with E-state index in [1.807, 2.05) is 31.2 Å². The van der Waals surface area contributed by atoms with Crippen LogP contribution in [0.1, 0.15) is 56.6 Å². The summed E-state index contributed by atoms with van der Waals surface area (Å²) in [7, 11) is 0. The summed E-state index contributed by atoms with van der Waals surface area (Å²) in [5.41, 5.74) is 2.55. The molecule has 2 aromatic carbocycles. The van der Waals surface area contributed by atoms with Gasteiger partial charge in [-0.25, -0.2) is 0 Å². The molecule has 1 saturated carbocycles. The van der Waals surface area contributed by atoms with Gasteiger partial charge in [0, 0.05) is 5.41 Å². The average molecular weight is 453 g/mol. The lowest BCUT2D eigenvalue weighted by atomic mass is 9.65. The minimum absolute atomic E-state index is 0.0270. The highest BCUT2D eigenvalue weighted by Gasteiger charge is 2.35. The lowest BCUT2D eigenvalue weighted by molar-refractivity contribution is 0.0229. The highest BCUT2D eigenvalue weighted by molar-refractivity contribution is 5.43. The van der Waals surface area contributed by atoms with E-state index in [4.69, 9.17) is 20.6 Å². The summed E-state index contributed by atoms with van der Waals surface area (Å²) < 4.78 is 16.6. The van der Waals surface area contributed by atoms with Gasteiger partial charge in [-0.2, -0.15) is 0 Å². The molecule has 0 spiro atoms. The Labute approximate surface area is 197 Å². The Bertz CT molecular complexity index is 863. The van der Waals surface area contributed by atoms with Gasteiger partial charge in [0.05, 0.1) is 12.7 Å². The average Bonchev–Trinajstić information content (AvgIpc) is 2.87. The lowest BCUT2D eigenvalue weighted by Crippen LogP contribution is -2.30. The molecule has 0 aromatic heterocycles. The Hall–Kier alpha value is -2.52. The first-order chi connectivity index (χ1) is 16.1. The summed E-state index contributed by atoms with van der Waals surface area (Å²) in [6.07, 6.45) is 10.5. The van der Waals surface area contributed by atoms with Crippen LogP contribution in [-0.4, -0.2) is 48.8 Å². The van der Waals surface area contributed by atoms with Crippen molar-refractivity contribution in [3.63, 3.8) is 0 Å². The molecular weight excluding hydrogens is 416 g/mol. The summed E-state index contributed by atoms with van der Waals surface area (Å²) in [6.45, 7) is 2.75. The van der Waals surface area contributed by atoms with Crippen LogP contribution in [0.2, 0.25) is 0 Å². The molecule has 0 amide bonds. The van der Waals surface area contributed by atoms with E-state index >= 15 is 0 Å². The van der Waals surface area contributed by atoms with E-state index in [0.717, 1.165) is 24.3 Å². The molecule has 5 nitrogen and oxygen atoms in total. The van der Waals surface area contributed by atoms with Gasteiger partial charge in [0.25, 0.3) is 0 Å². The van der Waals surface area contributed by atoms with Crippen molar-refractivity contribution in [3.8, 4) is 23.8 Å². The van der Waals surface area contributed by atoms with E-state index in [-0.39, 0.29) is 25.2 Å². The van der Waals surface area contributed by atoms with Crippen molar-refractivity contribution in [3.05, 3.63) is 59.7 Å². The molecule has 1 aliphatic rings. The Balaban J connectivity index is 1.69. The van der Waals surface area contributed by atoms with Crippen molar-refractivity contribution < 1.29 is 24.4 Å². The first-order valence-corrected chi connectivity index (χ1v) is 11.9. The third-order valence-electron chi connectivity index (χ3n) is 6.37. The molecule has 3 rings (SSSR count). The number of rotatable bonds is 12. The van der Waals surface area contributed by atoms with Gasteiger partial charge in [0.2, 0.25) is 0 Å². The largest absolute Gasteiger partial charge is 0.491 e. The first kappa shape index (κ1) is 25.1. The van der Waals surface area contributed by atoms with Crippen LogP contribution >= 0.6 is 0 Å². The van der Waals surface area contributed by atoms with Crippen LogP contribution in [0.4, 0.5) is 0 Å². The maximum absolute atomic E-state index is 9.95. The molecule has 2 atom stereocenters. The molecule has 33 heavy (non-hydrogen) atoms. The lowest BCUT2D eigenvalue weighted by Gasteiger charge is -2.38.